The van der Waals surface area contributed by atoms with E-state index in [0.717, 1.165) is 18.5 Å². The predicted molar refractivity (Wildman–Crippen MR) is 108 cm³/mol. The fourth-order valence-corrected chi connectivity index (χ4v) is 2.68. The number of carbonyl (C=O) groups is 1. The molecule has 8 heteroatoms. The largest absolute Gasteiger partial charge is 0.495 e. The van der Waals surface area contributed by atoms with Crippen LogP contribution in [0.5, 0.6) is 5.75 Å². The summed E-state index contributed by atoms with van der Waals surface area (Å²) in [6.45, 7) is 0.450. The lowest BCUT2D eigenvalue weighted by atomic mass is 10.1. The van der Waals surface area contributed by atoms with Crippen molar-refractivity contribution in [3.63, 3.8) is 0 Å². The van der Waals surface area contributed by atoms with Gasteiger partial charge in [0.15, 0.2) is 0 Å². The van der Waals surface area contributed by atoms with Crippen LogP contribution in [0.15, 0.2) is 42.6 Å². The molecule has 1 aliphatic carbocycles. The second-order valence-electron chi connectivity index (χ2n) is 5.88. The molecule has 6 nitrogen and oxygen atoms in total. The molecule has 0 bridgehead atoms. The lowest BCUT2D eigenvalue weighted by Gasteiger charge is -2.18. The summed E-state index contributed by atoms with van der Waals surface area (Å²) in [7, 11) is 1.61. The Hall–Kier alpha value is -2.02. The van der Waals surface area contributed by atoms with Crippen LogP contribution in [-0.4, -0.2) is 30.6 Å². The van der Waals surface area contributed by atoms with Gasteiger partial charge in [-0.25, -0.2) is 4.98 Å². The molecule has 26 heavy (non-hydrogen) atoms. The molecular weight excluding hydrogens is 375 g/mol. The van der Waals surface area contributed by atoms with Crippen molar-refractivity contribution >= 4 is 42.2 Å². The number of para-hydroxylation sites is 2. The highest BCUT2D eigenvalue weighted by Gasteiger charge is 2.31. The van der Waals surface area contributed by atoms with Crippen molar-refractivity contribution in [3.8, 4) is 5.75 Å². The van der Waals surface area contributed by atoms with Crippen LogP contribution in [0.3, 0.4) is 0 Å². The molecule has 0 spiro atoms. The maximum atomic E-state index is 12.6. The molecule has 1 aromatic carbocycles. The number of methoxy groups -OCH3 is 1. The third-order valence-corrected chi connectivity index (χ3v) is 4.17. The number of carbonyl (C=O) groups excluding carboxylic acids is 1. The van der Waals surface area contributed by atoms with E-state index in [1.165, 1.54) is 0 Å². The van der Waals surface area contributed by atoms with Gasteiger partial charge in [0.2, 0.25) is 0 Å². The van der Waals surface area contributed by atoms with Crippen LogP contribution < -0.4 is 21.1 Å². The average molecular weight is 399 g/mol. The second-order valence-corrected chi connectivity index (χ2v) is 5.88. The van der Waals surface area contributed by atoms with E-state index in [4.69, 9.17) is 10.5 Å². The van der Waals surface area contributed by atoms with Crippen LogP contribution in [0, 0.1) is 5.92 Å². The highest BCUT2D eigenvalue weighted by molar-refractivity contribution is 5.99. The van der Waals surface area contributed by atoms with Gasteiger partial charge in [0.25, 0.3) is 5.91 Å². The molecule has 1 fully saturated rings. The summed E-state index contributed by atoms with van der Waals surface area (Å²) in [6, 6.07) is 11.0. The summed E-state index contributed by atoms with van der Waals surface area (Å²) in [5, 5.41) is 6.21. The minimum absolute atomic E-state index is 0. The van der Waals surface area contributed by atoms with Gasteiger partial charge in [0.1, 0.15) is 11.6 Å². The Kier molecular flexibility index (Phi) is 8.65. The molecule has 1 aromatic heterocycles. The first kappa shape index (κ1) is 22.0. The van der Waals surface area contributed by atoms with Crippen molar-refractivity contribution in [1.82, 2.24) is 10.3 Å². The first-order chi connectivity index (χ1) is 11.7. The number of benzene rings is 1. The lowest BCUT2D eigenvalue weighted by Crippen LogP contribution is -2.41. The number of rotatable bonds is 7. The van der Waals surface area contributed by atoms with Crippen LogP contribution in [0.1, 0.15) is 23.2 Å². The van der Waals surface area contributed by atoms with Crippen molar-refractivity contribution in [2.75, 3.05) is 19.0 Å². The molecule has 4 N–H and O–H groups in total. The Bertz CT molecular complexity index is 726. The quantitative estimate of drug-likeness (QED) is 0.666. The molecule has 0 aliphatic heterocycles. The maximum Gasteiger partial charge on any atom is 0.255 e. The third-order valence-electron chi connectivity index (χ3n) is 4.17. The van der Waals surface area contributed by atoms with Gasteiger partial charge in [-0.2, -0.15) is 0 Å². The molecule has 0 saturated heterocycles. The van der Waals surface area contributed by atoms with Crippen molar-refractivity contribution < 1.29 is 9.53 Å². The summed E-state index contributed by atoms with van der Waals surface area (Å²) in [5.41, 5.74) is 7.02. The van der Waals surface area contributed by atoms with Gasteiger partial charge in [-0.1, -0.05) is 12.1 Å². The average Bonchev–Trinajstić information content (AvgIpc) is 3.45. The van der Waals surface area contributed by atoms with E-state index in [9.17, 15) is 4.79 Å². The Balaban J connectivity index is 0.00000169. The van der Waals surface area contributed by atoms with Crippen molar-refractivity contribution in [2.45, 2.75) is 18.9 Å². The first-order valence-electron chi connectivity index (χ1n) is 8.09. The zero-order chi connectivity index (χ0) is 16.9. The van der Waals surface area contributed by atoms with E-state index in [-0.39, 0.29) is 36.8 Å². The first-order valence-corrected chi connectivity index (χ1v) is 8.09. The van der Waals surface area contributed by atoms with Gasteiger partial charge in [-0.3, -0.25) is 4.79 Å². The number of anilines is 2. The number of halogens is 2. The van der Waals surface area contributed by atoms with E-state index in [1.54, 1.807) is 25.4 Å². The fourth-order valence-electron chi connectivity index (χ4n) is 2.68. The monoisotopic (exact) mass is 398 g/mol. The molecule has 1 atom stereocenters. The number of amides is 1. The Morgan fingerprint density at radius 1 is 1.27 bits per heavy atom. The summed E-state index contributed by atoms with van der Waals surface area (Å²) in [4.78, 5) is 16.9. The topological polar surface area (TPSA) is 89.3 Å². The van der Waals surface area contributed by atoms with Crippen LogP contribution in [-0.2, 0) is 0 Å². The molecule has 2 aromatic rings. The molecule has 1 amide bonds. The van der Waals surface area contributed by atoms with Gasteiger partial charge < -0.3 is 21.1 Å². The SMILES string of the molecule is COc1ccccc1Nc1ncccc1C(=O)NC(CN)C1CC1.Cl.Cl. The molecule has 3 rings (SSSR count). The fraction of sp³-hybridized carbons (Fsp3) is 0.333. The van der Waals surface area contributed by atoms with Crippen LogP contribution in [0.4, 0.5) is 11.5 Å². The number of pyridine rings is 1. The molecule has 142 valence electrons. The molecule has 1 aliphatic rings. The lowest BCUT2D eigenvalue weighted by molar-refractivity contribution is 0.0934. The van der Waals surface area contributed by atoms with Crippen LogP contribution in [0.2, 0.25) is 0 Å². The number of hydrogen-bond donors (Lipinski definition) is 3. The number of nitrogens with one attached hydrogen (secondary N) is 2. The van der Waals surface area contributed by atoms with Gasteiger partial charge >= 0.3 is 0 Å². The summed E-state index contributed by atoms with van der Waals surface area (Å²) in [5.74, 6) is 1.52. The third kappa shape index (κ3) is 5.24. The van der Waals surface area contributed by atoms with Gasteiger partial charge in [-0.15, -0.1) is 24.8 Å². The van der Waals surface area contributed by atoms with Crippen molar-refractivity contribution in [1.29, 1.82) is 0 Å². The smallest absolute Gasteiger partial charge is 0.255 e. The van der Waals surface area contributed by atoms with E-state index in [0.29, 0.717) is 29.6 Å². The number of nitrogens with two attached hydrogens (primary N) is 1. The molecule has 1 saturated carbocycles. The Labute approximate surface area is 165 Å². The van der Waals surface area contributed by atoms with E-state index in [2.05, 4.69) is 15.6 Å². The second kappa shape index (κ2) is 10.2. The predicted octanol–water partition coefficient (Wildman–Crippen LogP) is 3.14. The molecular formula is C18H24Cl2N4O2. The maximum absolute atomic E-state index is 12.6. The number of nitrogens with zero attached hydrogens (tertiary/aromatic N) is 1. The van der Waals surface area contributed by atoms with Gasteiger partial charge in [-0.05, 0) is 43.0 Å². The Morgan fingerprint density at radius 3 is 2.65 bits per heavy atom. The summed E-state index contributed by atoms with van der Waals surface area (Å²) < 4.78 is 5.33. The van der Waals surface area contributed by atoms with E-state index >= 15 is 0 Å². The van der Waals surface area contributed by atoms with Gasteiger partial charge in [0, 0.05) is 18.8 Å². The zero-order valence-electron chi connectivity index (χ0n) is 14.5. The number of aromatic nitrogens is 1. The summed E-state index contributed by atoms with van der Waals surface area (Å²) in [6.07, 6.45) is 3.90. The summed E-state index contributed by atoms with van der Waals surface area (Å²) >= 11 is 0. The van der Waals surface area contributed by atoms with Gasteiger partial charge in [0.05, 0.1) is 18.4 Å². The van der Waals surface area contributed by atoms with Crippen molar-refractivity contribution in [2.24, 2.45) is 11.7 Å². The standard InChI is InChI=1S/C18H22N4O2.2ClH/c1-24-16-7-3-2-6-14(16)21-17-13(5-4-10-20-17)18(23)22-15(11-19)12-8-9-12;;/h2-7,10,12,15H,8-9,11,19H2,1H3,(H,20,21)(H,22,23);2*1H. The molecule has 1 unspecified atom stereocenters. The van der Waals surface area contributed by atoms with Crippen molar-refractivity contribution in [3.05, 3.63) is 48.2 Å². The van der Waals surface area contributed by atoms with E-state index < -0.39 is 0 Å². The minimum atomic E-state index is -0.164. The number of ether oxygens (including phenoxy) is 1. The highest BCUT2D eigenvalue weighted by Crippen LogP contribution is 2.32. The zero-order valence-corrected chi connectivity index (χ0v) is 16.1. The minimum Gasteiger partial charge on any atom is -0.495 e. The number of hydrogen-bond acceptors (Lipinski definition) is 5. The van der Waals surface area contributed by atoms with Crippen LogP contribution in [0.25, 0.3) is 0 Å². The highest BCUT2D eigenvalue weighted by atomic mass is 35.5. The molecule has 1 heterocycles. The van der Waals surface area contributed by atoms with E-state index in [1.807, 2.05) is 24.3 Å². The Morgan fingerprint density at radius 2 is 2.00 bits per heavy atom. The molecule has 0 radical (unpaired) electrons. The normalized spacial score (nSPS) is 13.6. The van der Waals surface area contributed by atoms with Crippen LogP contribution >= 0.6 is 24.8 Å².